The predicted molar refractivity (Wildman–Crippen MR) is 111 cm³/mol. The molecule has 4 rings (SSSR count). The molecule has 0 amide bonds. The lowest BCUT2D eigenvalue weighted by Crippen LogP contribution is -2.34. The van der Waals surface area contributed by atoms with E-state index >= 15 is 0 Å². The van der Waals surface area contributed by atoms with Crippen LogP contribution in [0.5, 0.6) is 23.0 Å². The van der Waals surface area contributed by atoms with Crippen molar-refractivity contribution in [1.29, 1.82) is 0 Å². The summed E-state index contributed by atoms with van der Waals surface area (Å²) >= 11 is 0. The third kappa shape index (κ3) is 2.99. The zero-order valence-corrected chi connectivity index (χ0v) is 17.7. The van der Waals surface area contributed by atoms with Gasteiger partial charge in [0.2, 0.25) is 0 Å². The lowest BCUT2D eigenvalue weighted by molar-refractivity contribution is 0.0827. The van der Waals surface area contributed by atoms with Crippen molar-refractivity contribution < 1.29 is 19.7 Å². The van der Waals surface area contributed by atoms with Crippen LogP contribution in [0.25, 0.3) is 11.1 Å². The van der Waals surface area contributed by atoms with Gasteiger partial charge in [0.15, 0.2) is 0 Å². The van der Waals surface area contributed by atoms with Gasteiger partial charge in [0.25, 0.3) is 0 Å². The van der Waals surface area contributed by atoms with E-state index in [4.69, 9.17) is 9.47 Å². The van der Waals surface area contributed by atoms with E-state index in [0.29, 0.717) is 11.1 Å². The van der Waals surface area contributed by atoms with Gasteiger partial charge in [-0.3, -0.25) is 0 Å². The second-order valence-electron chi connectivity index (χ2n) is 9.51. The van der Waals surface area contributed by atoms with Gasteiger partial charge in [0.05, 0.1) is 0 Å². The van der Waals surface area contributed by atoms with Gasteiger partial charge in [0, 0.05) is 22.3 Å². The second kappa shape index (κ2) is 6.07. The lowest BCUT2D eigenvalue weighted by Gasteiger charge is -2.37. The molecule has 0 atom stereocenters. The first-order valence-electron chi connectivity index (χ1n) is 10.1. The fourth-order valence-electron chi connectivity index (χ4n) is 4.52. The first kappa shape index (κ1) is 19.0. The maximum Gasteiger partial charge on any atom is 0.127 e. The van der Waals surface area contributed by atoms with Gasteiger partial charge in [-0.25, -0.2) is 0 Å². The number of aryl methyl sites for hydroxylation is 2. The number of benzene rings is 2. The molecule has 150 valence electrons. The molecule has 0 spiro atoms. The monoisotopic (exact) mass is 382 g/mol. The van der Waals surface area contributed by atoms with Crippen LogP contribution in [-0.4, -0.2) is 21.4 Å². The third-order valence-electron chi connectivity index (χ3n) is 6.05. The highest BCUT2D eigenvalue weighted by molar-refractivity contribution is 5.86. The van der Waals surface area contributed by atoms with Crippen LogP contribution < -0.4 is 9.47 Å². The molecule has 2 aromatic carbocycles. The average Bonchev–Trinajstić information content (AvgIpc) is 2.57. The topological polar surface area (TPSA) is 58.9 Å². The number of hydrogen-bond acceptors (Lipinski definition) is 4. The van der Waals surface area contributed by atoms with Crippen LogP contribution in [0, 0.1) is 13.8 Å². The van der Waals surface area contributed by atoms with Crippen molar-refractivity contribution in [3.63, 3.8) is 0 Å². The molecule has 0 saturated carbocycles. The van der Waals surface area contributed by atoms with Gasteiger partial charge in [-0.05, 0) is 90.5 Å². The quantitative estimate of drug-likeness (QED) is 0.675. The molecule has 4 heteroatoms. The molecule has 0 radical (unpaired) electrons. The van der Waals surface area contributed by atoms with Crippen molar-refractivity contribution in [3.05, 3.63) is 34.4 Å². The molecule has 0 aliphatic carbocycles. The SMILES string of the molecule is Cc1cc(O)c(-c2c(O)cc(C)c3c2CCC(C)(C)O3)c2c1OC(C)(C)CC2. The van der Waals surface area contributed by atoms with Crippen LogP contribution in [0.2, 0.25) is 0 Å². The summed E-state index contributed by atoms with van der Waals surface area (Å²) < 4.78 is 12.6. The van der Waals surface area contributed by atoms with E-state index < -0.39 is 0 Å². The van der Waals surface area contributed by atoms with Crippen LogP contribution in [0.3, 0.4) is 0 Å². The highest BCUT2D eigenvalue weighted by atomic mass is 16.5. The van der Waals surface area contributed by atoms with Gasteiger partial charge in [0.1, 0.15) is 34.2 Å². The summed E-state index contributed by atoms with van der Waals surface area (Å²) in [6, 6.07) is 3.49. The van der Waals surface area contributed by atoms with Crippen LogP contribution in [-0.2, 0) is 12.8 Å². The molecule has 0 bridgehead atoms. The highest BCUT2D eigenvalue weighted by Crippen LogP contribution is 2.52. The fourth-order valence-corrected chi connectivity index (χ4v) is 4.52. The minimum atomic E-state index is -0.242. The van der Waals surface area contributed by atoms with E-state index in [0.717, 1.165) is 59.4 Å². The lowest BCUT2D eigenvalue weighted by atomic mass is 9.82. The van der Waals surface area contributed by atoms with E-state index in [1.165, 1.54) is 0 Å². The number of phenols is 2. The Balaban J connectivity index is 1.99. The van der Waals surface area contributed by atoms with E-state index in [1.54, 1.807) is 12.1 Å². The van der Waals surface area contributed by atoms with Crippen LogP contribution in [0.15, 0.2) is 12.1 Å². The Bertz CT molecular complexity index is 890. The molecule has 4 nitrogen and oxygen atoms in total. The Morgan fingerprint density at radius 3 is 1.43 bits per heavy atom. The molecule has 2 aliphatic rings. The van der Waals surface area contributed by atoms with Crippen LogP contribution in [0.4, 0.5) is 0 Å². The summed E-state index contributed by atoms with van der Waals surface area (Å²) in [7, 11) is 0. The van der Waals surface area contributed by atoms with Crippen molar-refractivity contribution in [2.45, 2.75) is 78.4 Å². The Morgan fingerprint density at radius 1 is 0.714 bits per heavy atom. The molecule has 2 N–H and O–H groups in total. The number of ether oxygens (including phenoxy) is 2. The molecule has 0 fully saturated rings. The Morgan fingerprint density at radius 2 is 1.07 bits per heavy atom. The fraction of sp³-hybridized carbons (Fsp3) is 0.500. The van der Waals surface area contributed by atoms with Gasteiger partial charge in [-0.2, -0.15) is 0 Å². The molecular weight excluding hydrogens is 352 g/mol. The van der Waals surface area contributed by atoms with E-state index in [1.807, 2.05) is 13.8 Å². The maximum absolute atomic E-state index is 10.9. The summed E-state index contributed by atoms with van der Waals surface area (Å²) in [4.78, 5) is 0. The smallest absolute Gasteiger partial charge is 0.127 e. The largest absolute Gasteiger partial charge is 0.507 e. The number of phenolic OH excluding ortho intramolecular Hbond substituents is 2. The molecule has 0 aromatic heterocycles. The zero-order valence-electron chi connectivity index (χ0n) is 17.7. The number of fused-ring (bicyclic) bond motifs is 2. The van der Waals surface area contributed by atoms with Crippen LogP contribution in [0.1, 0.15) is 62.8 Å². The van der Waals surface area contributed by atoms with Crippen LogP contribution >= 0.6 is 0 Å². The summed E-state index contributed by atoms with van der Waals surface area (Å²) in [6.45, 7) is 12.3. The van der Waals surface area contributed by atoms with Gasteiger partial charge >= 0.3 is 0 Å². The van der Waals surface area contributed by atoms with Crippen molar-refractivity contribution in [1.82, 2.24) is 0 Å². The summed E-state index contributed by atoms with van der Waals surface area (Å²) in [5, 5.41) is 21.8. The van der Waals surface area contributed by atoms with Crippen molar-refractivity contribution >= 4 is 0 Å². The maximum atomic E-state index is 10.9. The van der Waals surface area contributed by atoms with Gasteiger partial charge in [-0.15, -0.1) is 0 Å². The number of rotatable bonds is 1. The van der Waals surface area contributed by atoms with E-state index in [9.17, 15) is 10.2 Å². The minimum absolute atomic E-state index is 0.186. The summed E-state index contributed by atoms with van der Waals surface area (Å²) in [6.07, 6.45) is 3.30. The Labute approximate surface area is 167 Å². The Kier molecular flexibility index (Phi) is 4.11. The van der Waals surface area contributed by atoms with E-state index in [-0.39, 0.29) is 22.7 Å². The standard InChI is InChI=1S/C24H30O4/c1-13-11-17(25)19(15-7-9-23(3,4)27-21(13)15)20-16-8-10-24(5,6)28-22(16)14(2)12-18(20)26/h11-12,25-26H,7-10H2,1-6H3. The molecule has 2 aromatic rings. The predicted octanol–water partition coefficient (Wildman–Crippen LogP) is 5.59. The molecule has 0 unspecified atom stereocenters. The first-order chi connectivity index (χ1) is 13.0. The number of hydrogen-bond donors (Lipinski definition) is 2. The molecule has 2 aliphatic heterocycles. The Hall–Kier alpha value is -2.36. The third-order valence-corrected chi connectivity index (χ3v) is 6.05. The summed E-state index contributed by atoms with van der Waals surface area (Å²) in [5.74, 6) is 2.03. The summed E-state index contributed by atoms with van der Waals surface area (Å²) in [5.41, 5.74) is 4.68. The average molecular weight is 383 g/mol. The van der Waals surface area contributed by atoms with Gasteiger partial charge in [-0.1, -0.05) is 0 Å². The highest BCUT2D eigenvalue weighted by Gasteiger charge is 2.35. The molecular formula is C24H30O4. The molecule has 2 heterocycles. The molecule has 0 saturated heterocycles. The second-order valence-corrected chi connectivity index (χ2v) is 9.51. The van der Waals surface area contributed by atoms with E-state index in [2.05, 4.69) is 27.7 Å². The van der Waals surface area contributed by atoms with Crippen molar-refractivity contribution in [2.24, 2.45) is 0 Å². The minimum Gasteiger partial charge on any atom is -0.507 e. The normalized spacial score (nSPS) is 19.2. The number of aromatic hydroxyl groups is 2. The zero-order chi connectivity index (χ0) is 20.4. The van der Waals surface area contributed by atoms with Crippen molar-refractivity contribution in [3.8, 4) is 34.1 Å². The van der Waals surface area contributed by atoms with Crippen molar-refractivity contribution in [2.75, 3.05) is 0 Å². The van der Waals surface area contributed by atoms with Gasteiger partial charge < -0.3 is 19.7 Å². The molecule has 28 heavy (non-hydrogen) atoms. The first-order valence-corrected chi connectivity index (χ1v) is 10.1.